The highest BCUT2D eigenvalue weighted by Gasteiger charge is 2.30. The molecule has 0 spiro atoms. The van der Waals surface area contributed by atoms with Crippen LogP contribution in [0.2, 0.25) is 0 Å². The van der Waals surface area contributed by atoms with Gasteiger partial charge in [-0.2, -0.15) is 11.8 Å². The van der Waals surface area contributed by atoms with Crippen molar-refractivity contribution in [3.05, 3.63) is 35.9 Å². The molecule has 4 heteroatoms. The first-order chi connectivity index (χ1) is 9.31. The number of nitrogens with one attached hydrogen (secondary N) is 1. The van der Waals surface area contributed by atoms with Crippen molar-refractivity contribution in [3.63, 3.8) is 0 Å². The van der Waals surface area contributed by atoms with Crippen molar-refractivity contribution in [2.45, 2.75) is 37.4 Å². The Hall–Kier alpha value is -1.00. The molecule has 104 valence electrons. The van der Waals surface area contributed by atoms with Crippen molar-refractivity contribution >= 4 is 17.7 Å². The smallest absolute Gasteiger partial charge is 0.247 e. The van der Waals surface area contributed by atoms with Crippen LogP contribution in [0.25, 0.3) is 0 Å². The third-order valence-electron chi connectivity index (χ3n) is 3.72. The van der Waals surface area contributed by atoms with Crippen LogP contribution in [0.3, 0.4) is 0 Å². The summed E-state index contributed by atoms with van der Waals surface area (Å²) >= 11 is 1.87. The van der Waals surface area contributed by atoms with E-state index in [1.165, 1.54) is 12.0 Å². The molecule has 0 unspecified atom stereocenters. The first-order valence-electron chi connectivity index (χ1n) is 6.90. The van der Waals surface area contributed by atoms with Gasteiger partial charge in [-0.05, 0) is 30.6 Å². The quantitative estimate of drug-likeness (QED) is 0.643. The summed E-state index contributed by atoms with van der Waals surface area (Å²) in [5.74, 6) is 0.792. The molecule has 0 aromatic heterocycles. The third kappa shape index (κ3) is 4.25. The van der Waals surface area contributed by atoms with E-state index in [9.17, 15) is 4.79 Å². The molecule has 2 atom stereocenters. The molecule has 2 N–H and O–H groups in total. The zero-order valence-electron chi connectivity index (χ0n) is 11.0. The van der Waals surface area contributed by atoms with Gasteiger partial charge in [0, 0.05) is 5.25 Å². The van der Waals surface area contributed by atoms with Gasteiger partial charge in [-0.1, -0.05) is 43.2 Å². The molecule has 1 aliphatic rings. The van der Waals surface area contributed by atoms with Crippen molar-refractivity contribution in [2.24, 2.45) is 5.92 Å². The molecule has 1 aromatic rings. The van der Waals surface area contributed by atoms with Gasteiger partial charge in [-0.3, -0.25) is 10.0 Å². The number of carbonyl (C=O) groups is 1. The van der Waals surface area contributed by atoms with E-state index in [-0.39, 0.29) is 11.8 Å². The van der Waals surface area contributed by atoms with E-state index >= 15 is 0 Å². The van der Waals surface area contributed by atoms with Crippen LogP contribution in [-0.2, 0) is 11.2 Å². The maximum absolute atomic E-state index is 11.6. The standard InChI is InChI=1S/C15H21NO2S/c17-15(16-18)13-8-4-5-9-14(13)19-11-10-12-6-2-1-3-7-12/h1-3,6-7,13-14,18H,4-5,8-11H2,(H,16,17)/t13-,14+/m0/s1. The Bertz CT molecular complexity index is 396. The summed E-state index contributed by atoms with van der Waals surface area (Å²) in [6.45, 7) is 0. The van der Waals surface area contributed by atoms with E-state index in [0.29, 0.717) is 5.25 Å². The molecule has 3 nitrogen and oxygen atoms in total. The Balaban J connectivity index is 1.81. The molecule has 1 fully saturated rings. The summed E-state index contributed by atoms with van der Waals surface area (Å²) in [6.07, 6.45) is 5.30. The third-order valence-corrected chi connectivity index (χ3v) is 5.15. The van der Waals surface area contributed by atoms with Crippen molar-refractivity contribution in [3.8, 4) is 0 Å². The van der Waals surface area contributed by atoms with Crippen molar-refractivity contribution in [1.29, 1.82) is 0 Å². The summed E-state index contributed by atoms with van der Waals surface area (Å²) in [6, 6.07) is 10.4. The zero-order chi connectivity index (χ0) is 13.5. The van der Waals surface area contributed by atoms with E-state index in [4.69, 9.17) is 5.21 Å². The molecule has 1 saturated carbocycles. The molecular weight excluding hydrogens is 258 g/mol. The lowest BCUT2D eigenvalue weighted by Gasteiger charge is -2.29. The summed E-state index contributed by atoms with van der Waals surface area (Å²) in [4.78, 5) is 11.6. The van der Waals surface area contributed by atoms with E-state index in [2.05, 4.69) is 24.3 Å². The number of carbonyl (C=O) groups excluding carboxylic acids is 1. The highest BCUT2D eigenvalue weighted by atomic mass is 32.2. The second-order valence-electron chi connectivity index (χ2n) is 5.01. The zero-order valence-corrected chi connectivity index (χ0v) is 11.9. The SMILES string of the molecule is O=C(NO)[C@H]1CCCC[C@H]1SCCc1ccccc1. The Kier molecular flexibility index (Phi) is 5.73. The van der Waals surface area contributed by atoms with E-state index in [1.807, 2.05) is 23.3 Å². The average molecular weight is 279 g/mol. The van der Waals surface area contributed by atoms with Gasteiger partial charge in [-0.25, -0.2) is 5.48 Å². The van der Waals surface area contributed by atoms with Crippen LogP contribution in [0.5, 0.6) is 0 Å². The maximum atomic E-state index is 11.6. The van der Waals surface area contributed by atoms with Gasteiger partial charge < -0.3 is 0 Å². The Morgan fingerprint density at radius 3 is 2.74 bits per heavy atom. The van der Waals surface area contributed by atoms with Crippen LogP contribution < -0.4 is 5.48 Å². The monoisotopic (exact) mass is 279 g/mol. The number of hydrogen-bond acceptors (Lipinski definition) is 3. The lowest BCUT2D eigenvalue weighted by molar-refractivity contribution is -0.134. The van der Waals surface area contributed by atoms with E-state index in [1.54, 1.807) is 0 Å². The van der Waals surface area contributed by atoms with Gasteiger partial charge in [0.2, 0.25) is 5.91 Å². The molecule has 2 rings (SSSR count). The van der Waals surface area contributed by atoms with Crippen molar-refractivity contribution in [2.75, 3.05) is 5.75 Å². The molecule has 0 aliphatic heterocycles. The number of hydrogen-bond donors (Lipinski definition) is 2. The predicted molar refractivity (Wildman–Crippen MR) is 78.3 cm³/mol. The number of thioether (sulfide) groups is 1. The molecule has 0 heterocycles. The molecular formula is C15H21NO2S. The lowest BCUT2D eigenvalue weighted by Crippen LogP contribution is -2.36. The first kappa shape index (κ1) is 14.4. The minimum absolute atomic E-state index is 0.0282. The van der Waals surface area contributed by atoms with Crippen LogP contribution >= 0.6 is 11.8 Å². The second kappa shape index (κ2) is 7.56. The van der Waals surface area contributed by atoms with Gasteiger partial charge in [-0.15, -0.1) is 0 Å². The van der Waals surface area contributed by atoms with Crippen molar-refractivity contribution in [1.82, 2.24) is 5.48 Å². The fourth-order valence-electron chi connectivity index (χ4n) is 2.65. The van der Waals surface area contributed by atoms with Crippen molar-refractivity contribution < 1.29 is 10.0 Å². The van der Waals surface area contributed by atoms with Gasteiger partial charge in [0.25, 0.3) is 0 Å². The largest absolute Gasteiger partial charge is 0.289 e. The number of aryl methyl sites for hydroxylation is 1. The maximum Gasteiger partial charge on any atom is 0.247 e. The van der Waals surface area contributed by atoms with Crippen LogP contribution in [0.4, 0.5) is 0 Å². The number of amides is 1. The summed E-state index contributed by atoms with van der Waals surface area (Å²) in [7, 11) is 0. The number of rotatable bonds is 5. The fourth-order valence-corrected chi connectivity index (χ4v) is 4.13. The van der Waals surface area contributed by atoms with Gasteiger partial charge in [0.1, 0.15) is 0 Å². The second-order valence-corrected chi connectivity index (χ2v) is 6.36. The first-order valence-corrected chi connectivity index (χ1v) is 7.95. The molecule has 19 heavy (non-hydrogen) atoms. The summed E-state index contributed by atoms with van der Waals surface area (Å²) < 4.78 is 0. The highest BCUT2D eigenvalue weighted by Crippen LogP contribution is 2.33. The highest BCUT2D eigenvalue weighted by molar-refractivity contribution is 7.99. The summed E-state index contributed by atoms with van der Waals surface area (Å²) in [5.41, 5.74) is 3.16. The Morgan fingerprint density at radius 2 is 2.00 bits per heavy atom. The summed E-state index contributed by atoms with van der Waals surface area (Å²) in [5, 5.41) is 9.15. The van der Waals surface area contributed by atoms with Gasteiger partial charge >= 0.3 is 0 Å². The fraction of sp³-hybridized carbons (Fsp3) is 0.533. The minimum Gasteiger partial charge on any atom is -0.289 e. The normalized spacial score (nSPS) is 23.0. The molecule has 0 bridgehead atoms. The van der Waals surface area contributed by atoms with Crippen LogP contribution in [-0.4, -0.2) is 22.1 Å². The minimum atomic E-state index is -0.211. The van der Waals surface area contributed by atoms with E-state index < -0.39 is 0 Å². The molecule has 1 aromatic carbocycles. The molecule has 0 saturated heterocycles. The van der Waals surface area contributed by atoms with Crippen LogP contribution in [0, 0.1) is 5.92 Å². The Morgan fingerprint density at radius 1 is 1.26 bits per heavy atom. The topological polar surface area (TPSA) is 49.3 Å². The molecule has 0 radical (unpaired) electrons. The van der Waals surface area contributed by atoms with Crippen LogP contribution in [0.15, 0.2) is 30.3 Å². The molecule has 1 amide bonds. The number of benzene rings is 1. The van der Waals surface area contributed by atoms with Gasteiger partial charge in [0.15, 0.2) is 0 Å². The average Bonchev–Trinajstić information content (AvgIpc) is 2.48. The van der Waals surface area contributed by atoms with Gasteiger partial charge in [0.05, 0.1) is 5.92 Å². The number of hydroxylamine groups is 1. The Labute approximate surface area is 118 Å². The van der Waals surface area contributed by atoms with Crippen LogP contribution in [0.1, 0.15) is 31.2 Å². The van der Waals surface area contributed by atoms with E-state index in [0.717, 1.165) is 31.4 Å². The predicted octanol–water partition coefficient (Wildman–Crippen LogP) is 3.03. The molecule has 1 aliphatic carbocycles. The lowest BCUT2D eigenvalue weighted by atomic mass is 9.88.